The molecule has 0 spiro atoms. The molecule has 120 valence electrons. The minimum Gasteiger partial charge on any atom is -0.467 e. The molecule has 0 aliphatic rings. The van der Waals surface area contributed by atoms with E-state index in [1.54, 1.807) is 12.1 Å². The molecule has 0 aliphatic carbocycles. The van der Waals surface area contributed by atoms with Gasteiger partial charge in [0.2, 0.25) is 0 Å². The third-order valence-electron chi connectivity index (χ3n) is 2.99. The zero-order chi connectivity index (χ0) is 16.8. The van der Waals surface area contributed by atoms with Gasteiger partial charge in [-0.1, -0.05) is 12.1 Å². The number of ether oxygens (including phenoxy) is 1. The molecule has 1 amide bonds. The Balaban J connectivity index is 1.96. The predicted molar refractivity (Wildman–Crippen MR) is 78.5 cm³/mol. The van der Waals surface area contributed by atoms with E-state index in [0.29, 0.717) is 5.76 Å². The van der Waals surface area contributed by atoms with Gasteiger partial charge >= 0.3 is 5.97 Å². The van der Waals surface area contributed by atoms with Crippen LogP contribution in [-0.2, 0) is 16.1 Å². The topological polar surface area (TPSA) is 112 Å². The van der Waals surface area contributed by atoms with E-state index in [0.717, 1.165) is 0 Å². The summed E-state index contributed by atoms with van der Waals surface area (Å²) < 4.78 is 10.0. The number of furan rings is 1. The molecule has 1 heterocycles. The number of hydrogen-bond donors (Lipinski definition) is 1. The number of benzene rings is 1. The van der Waals surface area contributed by atoms with E-state index in [4.69, 9.17) is 9.15 Å². The summed E-state index contributed by atoms with van der Waals surface area (Å²) in [6.45, 7) is 1.53. The summed E-state index contributed by atoms with van der Waals surface area (Å²) >= 11 is 0. The summed E-state index contributed by atoms with van der Waals surface area (Å²) in [4.78, 5) is 34.1. The maximum absolute atomic E-state index is 12.0. The molecule has 8 heteroatoms. The number of carbonyl (C=O) groups excluding carboxylic acids is 2. The van der Waals surface area contributed by atoms with Crippen molar-refractivity contribution < 1.29 is 23.7 Å². The van der Waals surface area contributed by atoms with Gasteiger partial charge in [0.05, 0.1) is 17.7 Å². The van der Waals surface area contributed by atoms with Gasteiger partial charge in [0, 0.05) is 6.07 Å². The Labute approximate surface area is 131 Å². The second kappa shape index (κ2) is 7.21. The number of rotatable bonds is 6. The number of para-hydroxylation sites is 1. The molecular formula is C15H14N2O6. The van der Waals surface area contributed by atoms with Crippen molar-refractivity contribution in [1.29, 1.82) is 0 Å². The number of hydrogen-bond acceptors (Lipinski definition) is 6. The van der Waals surface area contributed by atoms with Crippen LogP contribution in [0.2, 0.25) is 0 Å². The molecular weight excluding hydrogens is 304 g/mol. The van der Waals surface area contributed by atoms with Crippen molar-refractivity contribution in [2.45, 2.75) is 19.6 Å². The molecule has 2 aromatic rings. The van der Waals surface area contributed by atoms with E-state index in [1.165, 1.54) is 37.5 Å². The lowest BCUT2D eigenvalue weighted by Crippen LogP contribution is -2.35. The van der Waals surface area contributed by atoms with Crippen LogP contribution in [0, 0.1) is 10.1 Å². The van der Waals surface area contributed by atoms with Crippen molar-refractivity contribution in [2.75, 3.05) is 0 Å². The lowest BCUT2D eigenvalue weighted by atomic mass is 10.2. The van der Waals surface area contributed by atoms with Crippen LogP contribution in [0.5, 0.6) is 0 Å². The molecule has 0 fully saturated rings. The summed E-state index contributed by atoms with van der Waals surface area (Å²) in [5, 5.41) is 13.4. The molecule has 2 rings (SSSR count). The van der Waals surface area contributed by atoms with E-state index in [1.807, 2.05) is 0 Å². The number of amides is 1. The molecule has 1 aromatic carbocycles. The molecule has 1 N–H and O–H groups in total. The Hall–Kier alpha value is -3.16. The van der Waals surface area contributed by atoms with Crippen molar-refractivity contribution in [3.63, 3.8) is 0 Å². The summed E-state index contributed by atoms with van der Waals surface area (Å²) in [5.74, 6) is -0.915. The van der Waals surface area contributed by atoms with Gasteiger partial charge in [-0.05, 0) is 25.1 Å². The lowest BCUT2D eigenvalue weighted by molar-refractivity contribution is -0.385. The lowest BCUT2D eigenvalue weighted by Gasteiger charge is -2.13. The largest absolute Gasteiger partial charge is 0.467 e. The molecule has 23 heavy (non-hydrogen) atoms. The van der Waals surface area contributed by atoms with Crippen molar-refractivity contribution in [1.82, 2.24) is 5.32 Å². The second-order valence-electron chi connectivity index (χ2n) is 4.62. The van der Waals surface area contributed by atoms with Crippen molar-refractivity contribution in [3.05, 3.63) is 64.1 Å². The minimum atomic E-state index is -1.10. The molecule has 0 radical (unpaired) electrons. The zero-order valence-electron chi connectivity index (χ0n) is 12.2. The third-order valence-corrected chi connectivity index (χ3v) is 2.99. The fourth-order valence-corrected chi connectivity index (χ4v) is 1.81. The smallest absolute Gasteiger partial charge is 0.345 e. The first-order valence-electron chi connectivity index (χ1n) is 6.73. The molecule has 0 bridgehead atoms. The van der Waals surface area contributed by atoms with Crippen LogP contribution in [-0.4, -0.2) is 22.9 Å². The number of carbonyl (C=O) groups is 2. The van der Waals surface area contributed by atoms with Crippen molar-refractivity contribution in [2.24, 2.45) is 0 Å². The third kappa shape index (κ3) is 4.16. The molecule has 0 saturated carbocycles. The van der Waals surface area contributed by atoms with E-state index in [9.17, 15) is 19.7 Å². The Kier molecular flexibility index (Phi) is 5.08. The van der Waals surface area contributed by atoms with Gasteiger partial charge in [-0.3, -0.25) is 14.9 Å². The van der Waals surface area contributed by atoms with Crippen LogP contribution in [0.15, 0.2) is 47.1 Å². The second-order valence-corrected chi connectivity index (χ2v) is 4.62. The van der Waals surface area contributed by atoms with Gasteiger partial charge in [-0.2, -0.15) is 0 Å². The van der Waals surface area contributed by atoms with Crippen LogP contribution in [0.4, 0.5) is 5.69 Å². The quantitative estimate of drug-likeness (QED) is 0.495. The Morgan fingerprint density at radius 2 is 2.04 bits per heavy atom. The van der Waals surface area contributed by atoms with Gasteiger partial charge in [0.15, 0.2) is 6.10 Å². The van der Waals surface area contributed by atoms with Gasteiger partial charge in [0.1, 0.15) is 11.3 Å². The number of nitrogens with zero attached hydrogens (tertiary/aromatic N) is 1. The monoisotopic (exact) mass is 318 g/mol. The Bertz CT molecular complexity index is 711. The number of nitro groups is 1. The molecule has 0 saturated heterocycles. The normalized spacial score (nSPS) is 11.5. The van der Waals surface area contributed by atoms with Crippen LogP contribution in [0.3, 0.4) is 0 Å². The maximum Gasteiger partial charge on any atom is 0.345 e. The van der Waals surface area contributed by atoms with Crippen molar-refractivity contribution in [3.8, 4) is 0 Å². The van der Waals surface area contributed by atoms with Crippen molar-refractivity contribution >= 4 is 17.6 Å². The number of esters is 1. The van der Waals surface area contributed by atoms with Crippen LogP contribution in [0.25, 0.3) is 0 Å². The summed E-state index contributed by atoms with van der Waals surface area (Å²) in [6.07, 6.45) is 0.372. The average molecular weight is 318 g/mol. The van der Waals surface area contributed by atoms with E-state index >= 15 is 0 Å². The number of nitro benzene ring substituents is 1. The molecule has 1 aromatic heterocycles. The Morgan fingerprint density at radius 1 is 1.30 bits per heavy atom. The standard InChI is InChI=1S/C15H14N2O6/c1-10(14(18)16-9-11-5-4-8-22-11)23-15(19)12-6-2-3-7-13(12)17(20)21/h2-8,10H,9H2,1H3,(H,16,18). The van der Waals surface area contributed by atoms with Gasteiger partial charge in [-0.15, -0.1) is 0 Å². The SMILES string of the molecule is CC(OC(=O)c1ccccc1[N+](=O)[O-])C(=O)NCc1ccco1. The van der Waals surface area contributed by atoms with Crippen LogP contribution >= 0.6 is 0 Å². The highest BCUT2D eigenvalue weighted by atomic mass is 16.6. The highest BCUT2D eigenvalue weighted by molar-refractivity contribution is 5.95. The zero-order valence-corrected chi connectivity index (χ0v) is 12.2. The first-order valence-corrected chi connectivity index (χ1v) is 6.73. The number of nitrogens with one attached hydrogen (secondary N) is 1. The molecule has 0 aliphatic heterocycles. The van der Waals surface area contributed by atoms with Gasteiger partial charge in [-0.25, -0.2) is 4.79 Å². The Morgan fingerprint density at radius 3 is 2.70 bits per heavy atom. The van der Waals surface area contributed by atoms with Crippen LogP contribution in [0.1, 0.15) is 23.0 Å². The van der Waals surface area contributed by atoms with Gasteiger partial charge in [0.25, 0.3) is 11.6 Å². The minimum absolute atomic E-state index is 0.152. The molecule has 8 nitrogen and oxygen atoms in total. The first-order chi connectivity index (χ1) is 11.0. The highest BCUT2D eigenvalue weighted by Crippen LogP contribution is 2.19. The highest BCUT2D eigenvalue weighted by Gasteiger charge is 2.24. The molecule has 1 atom stereocenters. The van der Waals surface area contributed by atoms with Crippen LogP contribution < -0.4 is 5.32 Å². The van der Waals surface area contributed by atoms with E-state index in [2.05, 4.69) is 5.32 Å². The maximum atomic E-state index is 12.0. The summed E-state index contributed by atoms with van der Waals surface area (Å²) in [6, 6.07) is 8.75. The summed E-state index contributed by atoms with van der Waals surface area (Å²) in [5.41, 5.74) is -0.580. The van der Waals surface area contributed by atoms with Gasteiger partial charge < -0.3 is 14.5 Å². The predicted octanol–water partition coefficient (Wildman–Crippen LogP) is 2.05. The fraction of sp³-hybridized carbons (Fsp3) is 0.200. The fourth-order valence-electron chi connectivity index (χ4n) is 1.81. The summed E-state index contributed by atoms with van der Waals surface area (Å²) in [7, 11) is 0. The van der Waals surface area contributed by atoms with E-state index in [-0.39, 0.29) is 17.8 Å². The average Bonchev–Trinajstić information content (AvgIpc) is 3.05. The molecule has 1 unspecified atom stereocenters. The van der Waals surface area contributed by atoms with E-state index < -0.39 is 22.9 Å². The first kappa shape index (κ1) is 16.2.